The summed E-state index contributed by atoms with van der Waals surface area (Å²) < 4.78 is 0. The van der Waals surface area contributed by atoms with Gasteiger partial charge in [0, 0.05) is 6.07 Å². The zero-order chi connectivity index (χ0) is 12.1. The molecular formula is C8H8N4O4. The maximum atomic E-state index is 10.4. The largest absolute Gasteiger partial charge is 0.502 e. The molecule has 84 valence electrons. The number of nitro benzene ring substituents is 1. The van der Waals surface area contributed by atoms with Gasteiger partial charge >= 0.3 is 11.7 Å². The highest BCUT2D eigenvalue weighted by Gasteiger charge is 2.11. The monoisotopic (exact) mass is 224 g/mol. The van der Waals surface area contributed by atoms with Gasteiger partial charge in [0.15, 0.2) is 5.75 Å². The molecule has 0 fully saturated rings. The molecule has 0 bridgehead atoms. The lowest BCUT2D eigenvalue weighted by molar-refractivity contribution is -0.385. The van der Waals surface area contributed by atoms with E-state index in [4.69, 9.17) is 5.73 Å². The molecule has 0 aromatic heterocycles. The Kier molecular flexibility index (Phi) is 3.38. The summed E-state index contributed by atoms with van der Waals surface area (Å²) in [4.78, 5) is 19.9. The van der Waals surface area contributed by atoms with Crippen LogP contribution in [0.5, 0.6) is 5.75 Å². The second kappa shape index (κ2) is 4.73. The van der Waals surface area contributed by atoms with Crippen molar-refractivity contribution in [3.05, 3.63) is 33.9 Å². The van der Waals surface area contributed by atoms with Gasteiger partial charge in [0.1, 0.15) is 0 Å². The number of hydrazone groups is 1. The van der Waals surface area contributed by atoms with Crippen molar-refractivity contribution in [3.63, 3.8) is 0 Å². The maximum Gasteiger partial charge on any atom is 0.332 e. The molecule has 0 saturated heterocycles. The fourth-order valence-corrected chi connectivity index (χ4v) is 0.946. The minimum atomic E-state index is -0.831. The quantitative estimate of drug-likeness (QED) is 0.387. The number of hydrogen-bond acceptors (Lipinski definition) is 5. The predicted molar refractivity (Wildman–Crippen MR) is 55.1 cm³/mol. The first kappa shape index (κ1) is 11.4. The van der Waals surface area contributed by atoms with Crippen LogP contribution in [0.4, 0.5) is 10.5 Å². The number of amides is 2. The summed E-state index contributed by atoms with van der Waals surface area (Å²) in [5.74, 6) is -0.479. The first-order valence-electron chi connectivity index (χ1n) is 4.06. The van der Waals surface area contributed by atoms with E-state index in [9.17, 15) is 20.0 Å². The second-order valence-corrected chi connectivity index (χ2v) is 2.74. The predicted octanol–water partition coefficient (Wildman–Crippen LogP) is 0.303. The average Bonchev–Trinajstić information content (AvgIpc) is 2.16. The van der Waals surface area contributed by atoms with Crippen molar-refractivity contribution in [1.82, 2.24) is 5.43 Å². The molecule has 8 nitrogen and oxygen atoms in total. The Labute approximate surface area is 89.5 Å². The smallest absolute Gasteiger partial charge is 0.332 e. The number of rotatable bonds is 3. The first-order chi connectivity index (χ1) is 7.50. The summed E-state index contributed by atoms with van der Waals surface area (Å²) in [6, 6.07) is 2.80. The van der Waals surface area contributed by atoms with Crippen molar-refractivity contribution in [2.75, 3.05) is 0 Å². The first-order valence-corrected chi connectivity index (χ1v) is 4.06. The Bertz CT molecular complexity index is 457. The van der Waals surface area contributed by atoms with Crippen molar-refractivity contribution in [2.24, 2.45) is 10.8 Å². The zero-order valence-electron chi connectivity index (χ0n) is 7.95. The lowest BCUT2D eigenvalue weighted by atomic mass is 10.2. The van der Waals surface area contributed by atoms with Crippen LogP contribution in [-0.2, 0) is 0 Å². The SMILES string of the molecule is NC(=O)NN=Cc1ccc([N+](=O)[O-])c(O)c1. The number of aromatic hydroxyl groups is 1. The van der Waals surface area contributed by atoms with E-state index in [1.165, 1.54) is 12.3 Å². The number of carbonyl (C=O) groups is 1. The molecule has 1 aromatic carbocycles. The highest BCUT2D eigenvalue weighted by molar-refractivity contribution is 5.82. The highest BCUT2D eigenvalue weighted by Crippen LogP contribution is 2.25. The molecule has 1 aromatic rings. The van der Waals surface area contributed by atoms with Crippen LogP contribution in [-0.4, -0.2) is 22.3 Å². The van der Waals surface area contributed by atoms with Crippen LogP contribution in [0.15, 0.2) is 23.3 Å². The molecule has 0 atom stereocenters. The topological polar surface area (TPSA) is 131 Å². The molecule has 8 heteroatoms. The van der Waals surface area contributed by atoms with Crippen LogP contribution in [0.2, 0.25) is 0 Å². The lowest BCUT2D eigenvalue weighted by Gasteiger charge is -1.97. The van der Waals surface area contributed by atoms with Crippen molar-refractivity contribution in [1.29, 1.82) is 0 Å². The summed E-state index contributed by atoms with van der Waals surface area (Å²) in [5, 5.41) is 23.1. The van der Waals surface area contributed by atoms with Crippen molar-refractivity contribution >= 4 is 17.9 Å². The molecule has 1 rings (SSSR count). The van der Waals surface area contributed by atoms with Gasteiger partial charge in [-0.3, -0.25) is 10.1 Å². The van der Waals surface area contributed by atoms with E-state index >= 15 is 0 Å². The van der Waals surface area contributed by atoms with Gasteiger partial charge in [0.2, 0.25) is 0 Å². The van der Waals surface area contributed by atoms with E-state index in [1.807, 2.05) is 5.43 Å². The van der Waals surface area contributed by atoms with E-state index in [-0.39, 0.29) is 0 Å². The van der Waals surface area contributed by atoms with Gasteiger partial charge in [0.05, 0.1) is 11.1 Å². The summed E-state index contributed by atoms with van der Waals surface area (Å²) in [7, 11) is 0. The highest BCUT2D eigenvalue weighted by atomic mass is 16.6. The number of hydrogen-bond donors (Lipinski definition) is 3. The molecular weight excluding hydrogens is 216 g/mol. The molecule has 0 saturated carbocycles. The third-order valence-corrected chi connectivity index (χ3v) is 1.58. The molecule has 0 radical (unpaired) electrons. The van der Waals surface area contributed by atoms with Crippen molar-refractivity contribution in [2.45, 2.75) is 0 Å². The fourth-order valence-electron chi connectivity index (χ4n) is 0.946. The van der Waals surface area contributed by atoms with Gasteiger partial charge in [-0.1, -0.05) is 0 Å². The molecule has 0 aliphatic rings. The maximum absolute atomic E-state index is 10.4. The Morgan fingerprint density at radius 3 is 2.81 bits per heavy atom. The van der Waals surface area contributed by atoms with Gasteiger partial charge in [0.25, 0.3) is 0 Å². The number of phenols is 1. The molecule has 2 amide bonds. The summed E-state index contributed by atoms with van der Waals surface area (Å²) in [6.07, 6.45) is 1.19. The minimum Gasteiger partial charge on any atom is -0.502 e. The molecule has 0 aliphatic heterocycles. The number of nitrogens with two attached hydrogens (primary N) is 1. The average molecular weight is 224 g/mol. The number of nitro groups is 1. The zero-order valence-corrected chi connectivity index (χ0v) is 7.95. The van der Waals surface area contributed by atoms with Gasteiger partial charge in [-0.05, 0) is 17.7 Å². The van der Waals surface area contributed by atoms with E-state index in [1.54, 1.807) is 0 Å². The number of benzene rings is 1. The second-order valence-electron chi connectivity index (χ2n) is 2.74. The van der Waals surface area contributed by atoms with E-state index < -0.39 is 22.4 Å². The van der Waals surface area contributed by atoms with Gasteiger partial charge in [-0.25, -0.2) is 10.2 Å². The normalized spacial score (nSPS) is 10.2. The van der Waals surface area contributed by atoms with Gasteiger partial charge in [-0.2, -0.15) is 5.10 Å². The molecule has 0 heterocycles. The van der Waals surface area contributed by atoms with Crippen LogP contribution in [0.1, 0.15) is 5.56 Å². The number of urea groups is 1. The van der Waals surface area contributed by atoms with Crippen LogP contribution in [0.3, 0.4) is 0 Å². The molecule has 0 spiro atoms. The van der Waals surface area contributed by atoms with E-state index in [0.717, 1.165) is 12.1 Å². The molecule has 0 aliphatic carbocycles. The Balaban J connectivity index is 2.85. The van der Waals surface area contributed by atoms with Gasteiger partial charge < -0.3 is 10.8 Å². The Morgan fingerprint density at radius 1 is 1.62 bits per heavy atom. The lowest BCUT2D eigenvalue weighted by Crippen LogP contribution is -2.24. The summed E-state index contributed by atoms with van der Waals surface area (Å²) >= 11 is 0. The number of carbonyl (C=O) groups excluding carboxylic acids is 1. The summed E-state index contributed by atoms with van der Waals surface area (Å²) in [5.41, 5.74) is 6.67. The Morgan fingerprint density at radius 2 is 2.31 bits per heavy atom. The number of nitrogens with one attached hydrogen (secondary N) is 1. The third-order valence-electron chi connectivity index (χ3n) is 1.58. The van der Waals surface area contributed by atoms with Gasteiger partial charge in [-0.15, -0.1) is 0 Å². The number of primary amides is 1. The van der Waals surface area contributed by atoms with Crippen molar-refractivity contribution in [3.8, 4) is 5.75 Å². The number of nitrogens with zero attached hydrogens (tertiary/aromatic N) is 2. The van der Waals surface area contributed by atoms with Crippen LogP contribution in [0, 0.1) is 10.1 Å². The van der Waals surface area contributed by atoms with Crippen LogP contribution >= 0.6 is 0 Å². The van der Waals surface area contributed by atoms with E-state index in [0.29, 0.717) is 5.56 Å². The standard InChI is InChI=1S/C8H8N4O4/c9-8(14)11-10-4-5-1-2-6(12(15)16)7(13)3-5/h1-4,13H,(H3,9,11,14). The van der Waals surface area contributed by atoms with Crippen LogP contribution < -0.4 is 11.2 Å². The molecule has 4 N–H and O–H groups in total. The third kappa shape index (κ3) is 2.94. The van der Waals surface area contributed by atoms with Crippen molar-refractivity contribution < 1.29 is 14.8 Å². The Hall–Kier alpha value is -2.64. The fraction of sp³-hybridized carbons (Fsp3) is 0. The molecule has 16 heavy (non-hydrogen) atoms. The van der Waals surface area contributed by atoms with Crippen LogP contribution in [0.25, 0.3) is 0 Å². The van der Waals surface area contributed by atoms with E-state index in [2.05, 4.69) is 5.10 Å². The minimum absolute atomic E-state index is 0.386. The summed E-state index contributed by atoms with van der Waals surface area (Å²) in [6.45, 7) is 0. The number of phenolic OH excluding ortho intramolecular Hbond substituents is 1. The molecule has 0 unspecified atom stereocenters.